The first-order chi connectivity index (χ1) is 10.3. The van der Waals surface area contributed by atoms with Crippen LogP contribution < -0.4 is 0 Å². The topological polar surface area (TPSA) is 72.3 Å². The van der Waals surface area contributed by atoms with Crippen LogP contribution in [0.4, 0.5) is 0 Å². The van der Waals surface area contributed by atoms with E-state index in [0.29, 0.717) is 5.65 Å². The number of benzene rings is 1. The molecule has 0 atom stereocenters. The van der Waals surface area contributed by atoms with Crippen molar-refractivity contribution < 1.29 is 0 Å². The largest absolute Gasteiger partial charge is 0.343 e. The zero-order valence-electron chi connectivity index (χ0n) is 11.4. The van der Waals surface area contributed by atoms with E-state index in [1.165, 1.54) is 0 Å². The minimum Gasteiger partial charge on any atom is -0.343 e. The summed E-state index contributed by atoms with van der Waals surface area (Å²) in [5.74, 6) is 1.49. The van der Waals surface area contributed by atoms with Gasteiger partial charge in [0.1, 0.15) is 5.82 Å². The van der Waals surface area contributed by atoms with Crippen molar-refractivity contribution in [3.63, 3.8) is 0 Å². The molecule has 0 unspecified atom stereocenters. The van der Waals surface area contributed by atoms with Gasteiger partial charge in [-0.2, -0.15) is 5.10 Å². The number of pyridine rings is 1. The number of nitrogens with zero attached hydrogens (tertiary/aromatic N) is 5. The van der Waals surface area contributed by atoms with E-state index < -0.39 is 0 Å². The monoisotopic (exact) mass is 276 g/mol. The molecule has 1 N–H and O–H groups in total. The van der Waals surface area contributed by atoms with Gasteiger partial charge in [0.25, 0.3) is 0 Å². The van der Waals surface area contributed by atoms with Crippen molar-refractivity contribution in [3.8, 4) is 17.1 Å². The lowest BCUT2D eigenvalue weighted by molar-refractivity contribution is 0.869. The van der Waals surface area contributed by atoms with Gasteiger partial charge in [-0.25, -0.2) is 19.6 Å². The van der Waals surface area contributed by atoms with Crippen LogP contribution in [0.25, 0.3) is 28.2 Å². The lowest BCUT2D eigenvalue weighted by Crippen LogP contribution is -1.99. The minimum absolute atomic E-state index is 0.696. The lowest BCUT2D eigenvalue weighted by atomic mass is 10.2. The van der Waals surface area contributed by atoms with Crippen molar-refractivity contribution in [1.29, 1.82) is 0 Å². The van der Waals surface area contributed by atoms with E-state index in [4.69, 9.17) is 0 Å². The predicted molar refractivity (Wildman–Crippen MR) is 79.0 cm³/mol. The Morgan fingerprint density at radius 3 is 2.81 bits per heavy atom. The van der Waals surface area contributed by atoms with E-state index in [9.17, 15) is 0 Å². The lowest BCUT2D eigenvalue weighted by Gasteiger charge is -2.05. The Labute approximate surface area is 120 Å². The number of rotatable bonds is 2. The van der Waals surface area contributed by atoms with Crippen LogP contribution >= 0.6 is 0 Å². The Bertz CT molecular complexity index is 906. The second-order valence-electron chi connectivity index (χ2n) is 4.73. The molecule has 4 aromatic rings. The molecule has 0 aliphatic heterocycles. The first-order valence-electron chi connectivity index (χ1n) is 6.60. The van der Waals surface area contributed by atoms with Crippen molar-refractivity contribution >= 4 is 11.2 Å². The maximum atomic E-state index is 4.53. The average molecular weight is 276 g/mol. The number of hydrogen-bond donors (Lipinski definition) is 1. The fourth-order valence-electron chi connectivity index (χ4n) is 2.30. The third kappa shape index (κ3) is 1.97. The number of aryl methyl sites for hydroxylation is 1. The summed E-state index contributed by atoms with van der Waals surface area (Å²) < 4.78 is 1.83. The van der Waals surface area contributed by atoms with Crippen molar-refractivity contribution in [2.24, 2.45) is 0 Å². The van der Waals surface area contributed by atoms with Gasteiger partial charge in [0, 0.05) is 11.8 Å². The molecule has 0 amide bonds. The third-order valence-electron chi connectivity index (χ3n) is 3.25. The normalized spacial score (nSPS) is 11.1. The van der Waals surface area contributed by atoms with Gasteiger partial charge in [0.15, 0.2) is 11.5 Å². The number of hydrogen-bond acceptors (Lipinski definition) is 4. The number of nitrogens with one attached hydrogen (secondary N) is 1. The number of fused-ring (bicyclic) bond motifs is 1. The van der Waals surface area contributed by atoms with Crippen molar-refractivity contribution in [1.82, 2.24) is 29.7 Å². The van der Waals surface area contributed by atoms with Crippen LogP contribution in [0.5, 0.6) is 0 Å². The molecule has 21 heavy (non-hydrogen) atoms. The zero-order chi connectivity index (χ0) is 14.2. The Hall–Kier alpha value is -3.02. The van der Waals surface area contributed by atoms with Crippen LogP contribution in [0.1, 0.15) is 5.82 Å². The molecule has 0 saturated heterocycles. The van der Waals surface area contributed by atoms with Crippen LogP contribution in [0.2, 0.25) is 0 Å². The van der Waals surface area contributed by atoms with Gasteiger partial charge in [0.2, 0.25) is 0 Å². The molecule has 3 aromatic heterocycles. The number of H-pyrrole nitrogens is 1. The number of aromatic amines is 1. The van der Waals surface area contributed by atoms with Crippen molar-refractivity contribution in [2.45, 2.75) is 6.92 Å². The van der Waals surface area contributed by atoms with Crippen LogP contribution in [0.3, 0.4) is 0 Å². The second-order valence-corrected chi connectivity index (χ2v) is 4.73. The van der Waals surface area contributed by atoms with Crippen molar-refractivity contribution in [3.05, 3.63) is 54.7 Å². The highest BCUT2D eigenvalue weighted by molar-refractivity contribution is 5.75. The van der Waals surface area contributed by atoms with Crippen LogP contribution in [0.15, 0.2) is 48.9 Å². The van der Waals surface area contributed by atoms with E-state index in [1.807, 2.05) is 48.0 Å². The molecule has 6 heteroatoms. The summed E-state index contributed by atoms with van der Waals surface area (Å²) in [5.41, 5.74) is 3.45. The smallest absolute Gasteiger partial charge is 0.177 e. The molecule has 6 nitrogen and oxygen atoms in total. The van der Waals surface area contributed by atoms with Crippen LogP contribution in [-0.4, -0.2) is 29.7 Å². The molecule has 102 valence electrons. The molecular weight excluding hydrogens is 264 g/mol. The maximum absolute atomic E-state index is 4.53. The van der Waals surface area contributed by atoms with E-state index in [2.05, 4.69) is 25.0 Å². The van der Waals surface area contributed by atoms with Gasteiger partial charge in [-0.1, -0.05) is 18.2 Å². The summed E-state index contributed by atoms with van der Waals surface area (Å²) in [4.78, 5) is 16.1. The first kappa shape index (κ1) is 11.8. The Morgan fingerprint density at radius 2 is 1.95 bits per heavy atom. The summed E-state index contributed by atoms with van der Waals surface area (Å²) >= 11 is 0. The maximum Gasteiger partial charge on any atom is 0.177 e. The summed E-state index contributed by atoms with van der Waals surface area (Å²) in [6, 6.07) is 11.9. The average Bonchev–Trinajstić information content (AvgIpc) is 3.13. The summed E-state index contributed by atoms with van der Waals surface area (Å²) in [5, 5.41) is 4.48. The molecule has 0 radical (unpaired) electrons. The van der Waals surface area contributed by atoms with E-state index >= 15 is 0 Å². The molecule has 4 rings (SSSR count). The number of imidazole rings is 1. The molecule has 0 bridgehead atoms. The van der Waals surface area contributed by atoms with Gasteiger partial charge in [-0.05, 0) is 25.1 Å². The fraction of sp³-hybridized carbons (Fsp3) is 0.0667. The summed E-state index contributed by atoms with van der Waals surface area (Å²) in [6.45, 7) is 1.88. The molecule has 0 aliphatic carbocycles. The zero-order valence-corrected chi connectivity index (χ0v) is 11.4. The molecular formula is C15H12N6. The summed E-state index contributed by atoms with van der Waals surface area (Å²) in [6.07, 6.45) is 3.40. The van der Waals surface area contributed by atoms with Gasteiger partial charge in [-0.3, -0.25) is 0 Å². The SMILES string of the molecule is Cc1nc(-c2cnc3nc[nH]c3c2)n(-c2ccccc2)n1. The summed E-state index contributed by atoms with van der Waals surface area (Å²) in [7, 11) is 0. The van der Waals surface area contributed by atoms with Crippen molar-refractivity contribution in [2.75, 3.05) is 0 Å². The van der Waals surface area contributed by atoms with E-state index in [0.717, 1.165) is 28.4 Å². The van der Waals surface area contributed by atoms with E-state index in [-0.39, 0.29) is 0 Å². The molecule has 1 aromatic carbocycles. The molecule has 3 heterocycles. The first-order valence-corrected chi connectivity index (χ1v) is 6.60. The number of para-hydroxylation sites is 1. The molecule has 0 spiro atoms. The standard InChI is InChI=1S/C15H12N6/c1-10-19-15(21(20-10)12-5-3-2-4-6-12)11-7-13-14(16-8-11)18-9-17-13/h2-9H,1H3,(H,16,17,18). The highest BCUT2D eigenvalue weighted by Gasteiger charge is 2.13. The highest BCUT2D eigenvalue weighted by Crippen LogP contribution is 2.22. The second kappa shape index (κ2) is 4.52. The molecule has 0 fully saturated rings. The Balaban J connectivity index is 1.92. The van der Waals surface area contributed by atoms with Gasteiger partial charge >= 0.3 is 0 Å². The third-order valence-corrected chi connectivity index (χ3v) is 3.25. The van der Waals surface area contributed by atoms with Crippen LogP contribution in [0, 0.1) is 6.92 Å². The highest BCUT2D eigenvalue weighted by atomic mass is 15.3. The minimum atomic E-state index is 0.696. The number of aromatic nitrogens is 6. The Kier molecular flexibility index (Phi) is 2.53. The van der Waals surface area contributed by atoms with Gasteiger partial charge in [0.05, 0.1) is 17.5 Å². The van der Waals surface area contributed by atoms with Gasteiger partial charge < -0.3 is 4.98 Å². The Morgan fingerprint density at radius 1 is 1.10 bits per heavy atom. The molecule has 0 aliphatic rings. The fourth-order valence-corrected chi connectivity index (χ4v) is 2.30. The van der Waals surface area contributed by atoms with Gasteiger partial charge in [-0.15, -0.1) is 0 Å². The molecule has 0 saturated carbocycles. The van der Waals surface area contributed by atoms with E-state index in [1.54, 1.807) is 12.5 Å². The predicted octanol–water partition coefficient (Wildman–Crippen LogP) is 2.51. The van der Waals surface area contributed by atoms with Crippen LogP contribution in [-0.2, 0) is 0 Å². The quantitative estimate of drug-likeness (QED) is 0.610.